The van der Waals surface area contributed by atoms with Gasteiger partial charge in [-0.05, 0) is 65.6 Å². The van der Waals surface area contributed by atoms with Crippen LogP contribution in [0.2, 0.25) is 0 Å². The van der Waals surface area contributed by atoms with Gasteiger partial charge in [0.2, 0.25) is 0 Å². The van der Waals surface area contributed by atoms with E-state index in [0.717, 1.165) is 23.3 Å². The summed E-state index contributed by atoms with van der Waals surface area (Å²) in [5.41, 5.74) is 2.45. The first-order valence-electron chi connectivity index (χ1n) is 8.58. The van der Waals surface area contributed by atoms with Crippen LogP contribution in [-0.2, 0) is 13.2 Å². The van der Waals surface area contributed by atoms with E-state index >= 15 is 0 Å². The van der Waals surface area contributed by atoms with Crippen molar-refractivity contribution in [1.82, 2.24) is 10.2 Å². The second kappa shape index (κ2) is 8.65. The van der Waals surface area contributed by atoms with Gasteiger partial charge in [-0.1, -0.05) is 36.4 Å². The molecule has 3 nitrogen and oxygen atoms in total. The van der Waals surface area contributed by atoms with E-state index in [4.69, 9.17) is 4.74 Å². The van der Waals surface area contributed by atoms with Crippen LogP contribution in [-0.4, -0.2) is 31.1 Å². The maximum absolute atomic E-state index is 5.90. The summed E-state index contributed by atoms with van der Waals surface area (Å²) in [4.78, 5) is 2.45. The summed E-state index contributed by atoms with van der Waals surface area (Å²) in [6.07, 6.45) is 2.63. The van der Waals surface area contributed by atoms with Crippen molar-refractivity contribution in [3.63, 3.8) is 0 Å². The Balaban J connectivity index is 1.49. The fourth-order valence-electron chi connectivity index (χ4n) is 3.13. The molecule has 0 bridgehead atoms. The van der Waals surface area contributed by atoms with Gasteiger partial charge in [-0.3, -0.25) is 0 Å². The number of likely N-dealkylation sites (tertiary alicyclic amines) is 1. The smallest absolute Gasteiger partial charge is 0.134 e. The van der Waals surface area contributed by atoms with Crippen LogP contribution in [0.3, 0.4) is 0 Å². The molecule has 0 radical (unpaired) electrons. The Morgan fingerprint density at radius 2 is 2.00 bits per heavy atom. The molecule has 1 N–H and O–H groups in total. The lowest BCUT2D eigenvalue weighted by molar-refractivity contribution is 0.300. The molecule has 0 aromatic heterocycles. The first kappa shape index (κ1) is 17.5. The van der Waals surface area contributed by atoms with Gasteiger partial charge in [0.15, 0.2) is 0 Å². The molecule has 1 fully saturated rings. The summed E-state index contributed by atoms with van der Waals surface area (Å²) in [6.45, 7) is 3.76. The van der Waals surface area contributed by atoms with Crippen molar-refractivity contribution in [1.29, 1.82) is 0 Å². The van der Waals surface area contributed by atoms with Crippen LogP contribution in [0, 0.1) is 0 Å². The summed E-state index contributed by atoms with van der Waals surface area (Å²) in [5.74, 6) is 0.887. The maximum atomic E-state index is 5.90. The minimum absolute atomic E-state index is 0.588. The van der Waals surface area contributed by atoms with E-state index in [2.05, 4.69) is 57.5 Å². The van der Waals surface area contributed by atoms with E-state index in [-0.39, 0.29) is 0 Å². The van der Waals surface area contributed by atoms with Gasteiger partial charge in [-0.25, -0.2) is 0 Å². The number of halogens is 1. The Hall–Kier alpha value is -1.36. The van der Waals surface area contributed by atoms with E-state index in [1.165, 1.54) is 30.5 Å². The number of hydrogen-bond acceptors (Lipinski definition) is 3. The number of likely N-dealkylation sites (N-methyl/N-ethyl adjacent to an activating group) is 1. The average molecular weight is 389 g/mol. The van der Waals surface area contributed by atoms with E-state index in [1.807, 2.05) is 24.3 Å². The van der Waals surface area contributed by atoms with Crippen molar-refractivity contribution < 1.29 is 4.74 Å². The van der Waals surface area contributed by atoms with Gasteiger partial charge in [0.25, 0.3) is 0 Å². The lowest BCUT2D eigenvalue weighted by atomic mass is 10.2. The summed E-state index contributed by atoms with van der Waals surface area (Å²) in [5, 5.41) is 3.58. The van der Waals surface area contributed by atoms with Gasteiger partial charge in [0.1, 0.15) is 12.4 Å². The molecule has 1 heterocycles. The first-order chi connectivity index (χ1) is 11.7. The third-order valence-corrected chi connectivity index (χ3v) is 5.23. The van der Waals surface area contributed by atoms with Gasteiger partial charge >= 0.3 is 0 Å². The van der Waals surface area contributed by atoms with Crippen LogP contribution in [0.5, 0.6) is 5.75 Å². The third kappa shape index (κ3) is 4.82. The van der Waals surface area contributed by atoms with E-state index in [0.29, 0.717) is 12.6 Å². The third-order valence-electron chi connectivity index (χ3n) is 4.61. The molecule has 4 heteroatoms. The van der Waals surface area contributed by atoms with Crippen LogP contribution >= 0.6 is 15.9 Å². The highest BCUT2D eigenvalue weighted by molar-refractivity contribution is 9.10. The van der Waals surface area contributed by atoms with Crippen molar-refractivity contribution in [2.75, 3.05) is 20.1 Å². The van der Waals surface area contributed by atoms with Crippen molar-refractivity contribution >= 4 is 15.9 Å². The quantitative estimate of drug-likeness (QED) is 0.768. The van der Waals surface area contributed by atoms with Crippen LogP contribution < -0.4 is 10.1 Å². The molecule has 24 heavy (non-hydrogen) atoms. The highest BCUT2D eigenvalue weighted by Crippen LogP contribution is 2.27. The molecule has 0 aliphatic carbocycles. The van der Waals surface area contributed by atoms with Gasteiger partial charge < -0.3 is 15.0 Å². The van der Waals surface area contributed by atoms with E-state index < -0.39 is 0 Å². The van der Waals surface area contributed by atoms with Gasteiger partial charge in [-0.2, -0.15) is 0 Å². The molecule has 2 aromatic carbocycles. The molecule has 1 aliphatic heterocycles. The van der Waals surface area contributed by atoms with Crippen molar-refractivity contribution in [2.45, 2.75) is 32.0 Å². The second-order valence-corrected chi connectivity index (χ2v) is 7.30. The minimum atomic E-state index is 0.588. The average Bonchev–Trinajstić information content (AvgIpc) is 3.00. The largest absolute Gasteiger partial charge is 0.488 e. The molecule has 0 amide bonds. The molecule has 1 unspecified atom stereocenters. The predicted molar refractivity (Wildman–Crippen MR) is 102 cm³/mol. The zero-order valence-electron chi connectivity index (χ0n) is 14.2. The molecular formula is C20H25BrN2O. The molecule has 128 valence electrons. The standard InChI is InChI=1S/C20H25BrN2O/c1-23-11-5-8-18(23)14-22-13-17-9-10-20(19(21)12-17)24-15-16-6-3-2-4-7-16/h2-4,6-7,9-10,12,18,22H,5,8,11,13-15H2,1H3. The lowest BCUT2D eigenvalue weighted by Gasteiger charge is -2.19. The van der Waals surface area contributed by atoms with Crippen molar-refractivity contribution in [3.8, 4) is 5.75 Å². The number of hydrogen-bond donors (Lipinski definition) is 1. The number of rotatable bonds is 7. The molecule has 0 saturated carbocycles. The molecule has 2 aromatic rings. The summed E-state index contributed by atoms with van der Waals surface area (Å²) in [7, 11) is 2.22. The van der Waals surface area contributed by atoms with Crippen molar-refractivity contribution in [2.24, 2.45) is 0 Å². The summed E-state index contributed by atoms with van der Waals surface area (Å²) < 4.78 is 6.91. The fourth-order valence-corrected chi connectivity index (χ4v) is 3.67. The summed E-state index contributed by atoms with van der Waals surface area (Å²) in [6, 6.07) is 17.2. The van der Waals surface area contributed by atoms with Crippen LogP contribution in [0.25, 0.3) is 0 Å². The monoisotopic (exact) mass is 388 g/mol. The highest BCUT2D eigenvalue weighted by atomic mass is 79.9. The zero-order chi connectivity index (χ0) is 16.8. The molecule has 1 atom stereocenters. The Bertz CT molecular complexity index is 647. The highest BCUT2D eigenvalue weighted by Gasteiger charge is 2.19. The Labute approximate surface area is 153 Å². The second-order valence-electron chi connectivity index (χ2n) is 6.45. The number of nitrogens with one attached hydrogen (secondary N) is 1. The maximum Gasteiger partial charge on any atom is 0.134 e. The number of ether oxygens (including phenoxy) is 1. The van der Waals surface area contributed by atoms with Crippen molar-refractivity contribution in [3.05, 3.63) is 64.1 Å². The molecule has 1 saturated heterocycles. The molecule has 3 rings (SSSR count). The van der Waals surface area contributed by atoms with E-state index in [9.17, 15) is 0 Å². The van der Waals surface area contributed by atoms with Crippen LogP contribution in [0.1, 0.15) is 24.0 Å². The van der Waals surface area contributed by atoms with Crippen LogP contribution in [0.15, 0.2) is 53.0 Å². The van der Waals surface area contributed by atoms with Gasteiger partial charge in [0.05, 0.1) is 4.47 Å². The predicted octanol–water partition coefficient (Wildman–Crippen LogP) is 4.21. The van der Waals surface area contributed by atoms with Crippen LogP contribution in [0.4, 0.5) is 0 Å². The number of nitrogens with zero attached hydrogens (tertiary/aromatic N) is 1. The molecule has 0 spiro atoms. The lowest BCUT2D eigenvalue weighted by Crippen LogP contribution is -2.35. The Kier molecular flexibility index (Phi) is 6.30. The van der Waals surface area contributed by atoms with Gasteiger partial charge in [-0.15, -0.1) is 0 Å². The minimum Gasteiger partial charge on any atom is -0.488 e. The number of benzene rings is 2. The molecule has 1 aliphatic rings. The topological polar surface area (TPSA) is 24.5 Å². The summed E-state index contributed by atoms with van der Waals surface area (Å²) >= 11 is 3.63. The fraction of sp³-hybridized carbons (Fsp3) is 0.400. The molecular weight excluding hydrogens is 364 g/mol. The Morgan fingerprint density at radius 1 is 1.17 bits per heavy atom. The SMILES string of the molecule is CN1CCCC1CNCc1ccc(OCc2ccccc2)c(Br)c1. The Morgan fingerprint density at radius 3 is 2.71 bits per heavy atom. The first-order valence-corrected chi connectivity index (χ1v) is 9.38. The zero-order valence-corrected chi connectivity index (χ0v) is 15.8. The van der Waals surface area contributed by atoms with Gasteiger partial charge in [0, 0.05) is 19.1 Å². The van der Waals surface area contributed by atoms with E-state index in [1.54, 1.807) is 0 Å². The normalized spacial score (nSPS) is 18.0.